The summed E-state index contributed by atoms with van der Waals surface area (Å²) in [5.74, 6) is 1.13. The smallest absolute Gasteiger partial charge is 0.0701 e. The van der Waals surface area contributed by atoms with E-state index in [2.05, 4.69) is 6.26 Å². The van der Waals surface area contributed by atoms with Gasteiger partial charge in [0.05, 0.1) is 6.10 Å². The molecule has 0 aliphatic rings. The number of hydrogen-bond acceptors (Lipinski definition) is 3. The minimum absolute atomic E-state index is 0. The van der Waals surface area contributed by atoms with Gasteiger partial charge in [0.1, 0.15) is 0 Å². The summed E-state index contributed by atoms with van der Waals surface area (Å²) in [6.07, 6.45) is 3.41. The molecule has 0 aromatic carbocycles. The molecule has 0 fully saturated rings. The van der Waals surface area contributed by atoms with E-state index in [9.17, 15) is 0 Å². The highest BCUT2D eigenvalue weighted by Crippen LogP contribution is 2.01. The molecular weight excluding hydrogens is 170 g/mol. The second-order valence-electron chi connectivity index (χ2n) is 1.87. The summed E-state index contributed by atoms with van der Waals surface area (Å²) in [7, 11) is 1.71. The third-order valence-electron chi connectivity index (χ3n) is 1.24. The van der Waals surface area contributed by atoms with Gasteiger partial charge in [0, 0.05) is 13.7 Å². The van der Waals surface area contributed by atoms with Crippen LogP contribution in [-0.4, -0.2) is 31.8 Å². The number of hydrogen-bond donors (Lipinski definition) is 1. The van der Waals surface area contributed by atoms with Crippen molar-refractivity contribution in [1.29, 1.82) is 0 Å². The number of halogens is 1. The van der Waals surface area contributed by atoms with Gasteiger partial charge in [0.2, 0.25) is 0 Å². The molecule has 64 valence electrons. The summed E-state index contributed by atoms with van der Waals surface area (Å²) in [5.41, 5.74) is 5.39. The van der Waals surface area contributed by atoms with E-state index in [1.165, 1.54) is 0 Å². The first-order valence-electron chi connectivity index (χ1n) is 3.07. The maximum atomic E-state index is 5.39. The first-order chi connectivity index (χ1) is 4.35. The van der Waals surface area contributed by atoms with Gasteiger partial charge >= 0.3 is 0 Å². The molecule has 1 atom stereocenters. The summed E-state index contributed by atoms with van der Waals surface area (Å²) in [4.78, 5) is 0. The Labute approximate surface area is 73.3 Å². The van der Waals surface area contributed by atoms with Crippen molar-refractivity contribution in [1.82, 2.24) is 0 Å². The van der Waals surface area contributed by atoms with Crippen molar-refractivity contribution in [2.45, 2.75) is 12.5 Å². The fraction of sp³-hybridized carbons (Fsp3) is 1.00. The van der Waals surface area contributed by atoms with Gasteiger partial charge in [-0.15, -0.1) is 12.4 Å². The zero-order chi connectivity index (χ0) is 7.11. The standard InChI is InChI=1S/C6H15NOS.ClH/c1-8-6(5-7)3-4-9-2;/h6H,3-5,7H2,1-2H3;1H. The molecule has 0 aliphatic heterocycles. The normalized spacial score (nSPS) is 12.3. The van der Waals surface area contributed by atoms with E-state index in [1.807, 2.05) is 11.8 Å². The predicted octanol–water partition coefficient (Wildman–Crippen LogP) is 1.14. The Morgan fingerprint density at radius 3 is 2.50 bits per heavy atom. The van der Waals surface area contributed by atoms with Crippen LogP contribution in [-0.2, 0) is 4.74 Å². The van der Waals surface area contributed by atoms with Gasteiger partial charge < -0.3 is 10.5 Å². The van der Waals surface area contributed by atoms with Crippen LogP contribution in [0.4, 0.5) is 0 Å². The minimum Gasteiger partial charge on any atom is -0.380 e. The van der Waals surface area contributed by atoms with Crippen LogP contribution in [0.1, 0.15) is 6.42 Å². The van der Waals surface area contributed by atoms with Crippen molar-refractivity contribution in [3.8, 4) is 0 Å². The lowest BCUT2D eigenvalue weighted by atomic mass is 10.3. The molecule has 2 N–H and O–H groups in total. The van der Waals surface area contributed by atoms with Gasteiger partial charge in [0.25, 0.3) is 0 Å². The highest BCUT2D eigenvalue weighted by molar-refractivity contribution is 7.98. The van der Waals surface area contributed by atoms with Crippen LogP contribution < -0.4 is 5.73 Å². The maximum absolute atomic E-state index is 5.39. The molecule has 0 spiro atoms. The molecule has 0 bridgehead atoms. The largest absolute Gasteiger partial charge is 0.380 e. The van der Waals surface area contributed by atoms with Crippen molar-refractivity contribution in [3.05, 3.63) is 0 Å². The predicted molar refractivity (Wildman–Crippen MR) is 50.1 cm³/mol. The second kappa shape index (κ2) is 9.56. The van der Waals surface area contributed by atoms with Crippen molar-refractivity contribution < 1.29 is 4.74 Å². The molecule has 0 rings (SSSR count). The molecule has 0 saturated heterocycles. The SMILES string of the molecule is COC(CN)CCSC.Cl. The van der Waals surface area contributed by atoms with Gasteiger partial charge in [-0.3, -0.25) is 0 Å². The van der Waals surface area contributed by atoms with Crippen molar-refractivity contribution in [2.24, 2.45) is 5.73 Å². The van der Waals surface area contributed by atoms with Gasteiger partial charge in [0.15, 0.2) is 0 Å². The summed E-state index contributed by atoms with van der Waals surface area (Å²) < 4.78 is 5.06. The van der Waals surface area contributed by atoms with Gasteiger partial charge in [-0.25, -0.2) is 0 Å². The third-order valence-corrected chi connectivity index (χ3v) is 1.88. The zero-order valence-electron chi connectivity index (χ0n) is 6.50. The molecule has 0 amide bonds. The topological polar surface area (TPSA) is 35.2 Å². The van der Waals surface area contributed by atoms with Crippen molar-refractivity contribution >= 4 is 24.2 Å². The van der Waals surface area contributed by atoms with Crippen LogP contribution in [0, 0.1) is 0 Å². The minimum atomic E-state index is 0. The van der Waals surface area contributed by atoms with E-state index >= 15 is 0 Å². The first-order valence-corrected chi connectivity index (χ1v) is 4.46. The van der Waals surface area contributed by atoms with Crippen LogP contribution in [0.2, 0.25) is 0 Å². The van der Waals surface area contributed by atoms with E-state index in [1.54, 1.807) is 7.11 Å². The van der Waals surface area contributed by atoms with Crippen LogP contribution >= 0.6 is 24.2 Å². The Bertz CT molecular complexity index is 61.7. The van der Waals surface area contributed by atoms with E-state index in [0.29, 0.717) is 6.54 Å². The second-order valence-corrected chi connectivity index (χ2v) is 2.86. The molecule has 0 aromatic rings. The molecule has 0 aromatic heterocycles. The van der Waals surface area contributed by atoms with Crippen LogP contribution in [0.15, 0.2) is 0 Å². The van der Waals surface area contributed by atoms with Gasteiger partial charge in [-0.1, -0.05) is 0 Å². The summed E-state index contributed by atoms with van der Waals surface area (Å²) in [5, 5.41) is 0. The molecule has 0 radical (unpaired) electrons. The lowest BCUT2D eigenvalue weighted by Crippen LogP contribution is -2.22. The molecule has 10 heavy (non-hydrogen) atoms. The molecule has 0 heterocycles. The van der Waals surface area contributed by atoms with Gasteiger partial charge in [-0.2, -0.15) is 11.8 Å². The first kappa shape index (κ1) is 13.2. The van der Waals surface area contributed by atoms with E-state index < -0.39 is 0 Å². The van der Waals surface area contributed by atoms with Crippen LogP contribution in [0.5, 0.6) is 0 Å². The summed E-state index contributed by atoms with van der Waals surface area (Å²) in [6.45, 7) is 0.636. The Morgan fingerprint density at radius 2 is 2.20 bits per heavy atom. The Kier molecular flexibility index (Phi) is 12.6. The molecular formula is C6H16ClNOS. The summed E-state index contributed by atoms with van der Waals surface area (Å²) >= 11 is 1.83. The molecule has 2 nitrogen and oxygen atoms in total. The molecule has 1 unspecified atom stereocenters. The summed E-state index contributed by atoms with van der Waals surface area (Å²) in [6, 6.07) is 0. The zero-order valence-corrected chi connectivity index (χ0v) is 8.13. The number of methoxy groups -OCH3 is 1. The Hall–Kier alpha value is 0.560. The van der Waals surface area contributed by atoms with Crippen LogP contribution in [0.3, 0.4) is 0 Å². The lowest BCUT2D eigenvalue weighted by molar-refractivity contribution is 0.107. The fourth-order valence-electron chi connectivity index (χ4n) is 0.581. The van der Waals surface area contributed by atoms with E-state index in [0.717, 1.165) is 12.2 Å². The van der Waals surface area contributed by atoms with Crippen LogP contribution in [0.25, 0.3) is 0 Å². The van der Waals surface area contributed by atoms with E-state index in [-0.39, 0.29) is 18.5 Å². The lowest BCUT2D eigenvalue weighted by Gasteiger charge is -2.10. The van der Waals surface area contributed by atoms with Crippen molar-refractivity contribution in [2.75, 3.05) is 25.7 Å². The Morgan fingerprint density at radius 1 is 1.60 bits per heavy atom. The third kappa shape index (κ3) is 6.68. The fourth-order valence-corrected chi connectivity index (χ4v) is 1.08. The van der Waals surface area contributed by atoms with Crippen molar-refractivity contribution in [3.63, 3.8) is 0 Å². The van der Waals surface area contributed by atoms with Gasteiger partial charge in [-0.05, 0) is 18.4 Å². The highest BCUT2D eigenvalue weighted by atomic mass is 35.5. The van der Waals surface area contributed by atoms with E-state index in [4.69, 9.17) is 10.5 Å². The molecule has 4 heteroatoms. The molecule has 0 aliphatic carbocycles. The quantitative estimate of drug-likeness (QED) is 0.698. The Balaban J connectivity index is 0. The highest BCUT2D eigenvalue weighted by Gasteiger charge is 2.01. The number of thioether (sulfide) groups is 1. The average Bonchev–Trinajstić information content (AvgIpc) is 1.91. The number of rotatable bonds is 5. The average molecular weight is 186 g/mol. The monoisotopic (exact) mass is 185 g/mol. The maximum Gasteiger partial charge on any atom is 0.0701 e. The molecule has 0 saturated carbocycles. The number of nitrogens with two attached hydrogens (primary N) is 1. The number of ether oxygens (including phenoxy) is 1.